The Labute approximate surface area is 69.3 Å². The average Bonchev–Trinajstić information content (AvgIpc) is 2.06. The molecule has 0 radical (unpaired) electrons. The van der Waals surface area contributed by atoms with E-state index in [0.29, 0.717) is 0 Å². The summed E-state index contributed by atoms with van der Waals surface area (Å²) < 4.78 is 17.9. The molecule has 0 fully saturated rings. The minimum Gasteiger partial charge on any atom is -0.491 e. The minimum absolute atomic E-state index is 0.00505. The van der Waals surface area contributed by atoms with Crippen molar-refractivity contribution in [1.82, 2.24) is 4.98 Å². The van der Waals surface area contributed by atoms with Crippen molar-refractivity contribution in [1.29, 1.82) is 0 Å². The van der Waals surface area contributed by atoms with Gasteiger partial charge >= 0.3 is 0 Å². The molecule has 4 N–H and O–H groups in total. The molecule has 0 atom stereocenters. The van der Waals surface area contributed by atoms with Gasteiger partial charge in [0.15, 0.2) is 11.6 Å². The second kappa shape index (κ2) is 3.36. The zero-order chi connectivity index (χ0) is 9.14. The van der Waals surface area contributed by atoms with Crippen LogP contribution in [0.5, 0.6) is 5.75 Å². The predicted octanol–water partition coefficient (Wildman–Crippen LogP) is 0.270. The molecule has 0 spiro atoms. The molecule has 12 heavy (non-hydrogen) atoms. The number of hydrogen-bond acceptors (Lipinski definition) is 4. The largest absolute Gasteiger partial charge is 0.491 e. The Bertz CT molecular complexity index is 290. The van der Waals surface area contributed by atoms with Gasteiger partial charge in [-0.3, -0.25) is 4.98 Å². The molecule has 0 aliphatic heterocycles. The van der Waals surface area contributed by atoms with Crippen molar-refractivity contribution < 1.29 is 9.13 Å². The third-order valence-corrected chi connectivity index (χ3v) is 1.47. The highest BCUT2D eigenvalue weighted by atomic mass is 19.1. The maximum Gasteiger partial charge on any atom is 0.189 e. The Morgan fingerprint density at radius 1 is 1.67 bits per heavy atom. The lowest BCUT2D eigenvalue weighted by Gasteiger charge is -2.07. The lowest BCUT2D eigenvalue weighted by Crippen LogP contribution is -2.06. The zero-order valence-electron chi connectivity index (χ0n) is 6.67. The van der Waals surface area contributed by atoms with Gasteiger partial charge in [0.1, 0.15) is 0 Å². The number of nitrogens with zero attached hydrogens (tertiary/aromatic N) is 1. The summed E-state index contributed by atoms with van der Waals surface area (Å²) in [4.78, 5) is 3.70. The van der Waals surface area contributed by atoms with Crippen LogP contribution in [0.1, 0.15) is 5.69 Å². The zero-order valence-corrected chi connectivity index (χ0v) is 6.67. The topological polar surface area (TPSA) is 74.2 Å². The first-order valence-electron chi connectivity index (χ1n) is 3.37. The number of nitrogens with two attached hydrogens (primary N) is 2. The van der Waals surface area contributed by atoms with E-state index in [1.165, 1.54) is 13.3 Å². The van der Waals surface area contributed by atoms with Crippen molar-refractivity contribution in [3.8, 4) is 5.75 Å². The van der Waals surface area contributed by atoms with Crippen molar-refractivity contribution >= 4 is 5.69 Å². The van der Waals surface area contributed by atoms with Gasteiger partial charge in [0.25, 0.3) is 0 Å². The van der Waals surface area contributed by atoms with Gasteiger partial charge in [0, 0.05) is 6.54 Å². The second-order valence-corrected chi connectivity index (χ2v) is 2.21. The summed E-state index contributed by atoms with van der Waals surface area (Å²) in [5, 5.41) is 0. The van der Waals surface area contributed by atoms with Gasteiger partial charge in [0.05, 0.1) is 24.7 Å². The highest BCUT2D eigenvalue weighted by Crippen LogP contribution is 2.25. The summed E-state index contributed by atoms with van der Waals surface area (Å²) in [5.74, 6) is -0.578. The van der Waals surface area contributed by atoms with Crippen LogP contribution in [-0.4, -0.2) is 12.1 Å². The summed E-state index contributed by atoms with van der Waals surface area (Å²) in [7, 11) is 1.34. The molecule has 0 saturated carbocycles. The van der Waals surface area contributed by atoms with E-state index in [0.717, 1.165) is 0 Å². The molecule has 4 nitrogen and oxygen atoms in total. The van der Waals surface area contributed by atoms with Crippen LogP contribution >= 0.6 is 0 Å². The number of methoxy groups -OCH3 is 1. The highest BCUT2D eigenvalue weighted by molar-refractivity contribution is 5.52. The Morgan fingerprint density at radius 3 is 2.83 bits per heavy atom. The van der Waals surface area contributed by atoms with Crippen LogP contribution in [0.25, 0.3) is 0 Å². The van der Waals surface area contributed by atoms with E-state index in [1.54, 1.807) is 0 Å². The maximum atomic E-state index is 13.2. The van der Waals surface area contributed by atoms with Gasteiger partial charge in [-0.25, -0.2) is 4.39 Å². The number of halogens is 1. The van der Waals surface area contributed by atoms with Crippen molar-refractivity contribution in [2.45, 2.75) is 6.54 Å². The summed E-state index contributed by atoms with van der Waals surface area (Å²) >= 11 is 0. The highest BCUT2D eigenvalue weighted by Gasteiger charge is 2.11. The Kier molecular flexibility index (Phi) is 2.44. The fourth-order valence-corrected chi connectivity index (χ4v) is 0.870. The monoisotopic (exact) mass is 171 g/mol. The molecule has 0 amide bonds. The number of pyridine rings is 1. The van der Waals surface area contributed by atoms with E-state index in [9.17, 15) is 4.39 Å². The van der Waals surface area contributed by atoms with Gasteiger partial charge in [-0.05, 0) is 0 Å². The molecule has 0 unspecified atom stereocenters. The van der Waals surface area contributed by atoms with Crippen LogP contribution in [0.2, 0.25) is 0 Å². The second-order valence-electron chi connectivity index (χ2n) is 2.21. The average molecular weight is 171 g/mol. The normalized spacial score (nSPS) is 9.92. The number of nitrogen functional groups attached to an aromatic ring is 1. The quantitative estimate of drug-likeness (QED) is 0.669. The standard InChI is InChI=1S/C7H10FN3O/c1-12-7-4(10)3-11-5(2-9)6(7)8/h3H,2,9-10H2,1H3. The smallest absolute Gasteiger partial charge is 0.189 e. The number of rotatable bonds is 2. The van der Waals surface area contributed by atoms with Gasteiger partial charge in [-0.2, -0.15) is 0 Å². The van der Waals surface area contributed by atoms with Crippen molar-refractivity contribution in [2.75, 3.05) is 12.8 Å². The number of ether oxygens (including phenoxy) is 1. The maximum absolute atomic E-state index is 13.2. The van der Waals surface area contributed by atoms with Crippen LogP contribution < -0.4 is 16.2 Å². The van der Waals surface area contributed by atoms with Gasteiger partial charge in [-0.1, -0.05) is 0 Å². The summed E-state index contributed by atoms with van der Waals surface area (Å²) in [6, 6.07) is 0. The van der Waals surface area contributed by atoms with Crippen molar-refractivity contribution in [2.24, 2.45) is 5.73 Å². The van der Waals surface area contributed by atoms with E-state index >= 15 is 0 Å². The number of hydrogen-bond donors (Lipinski definition) is 2. The number of anilines is 1. The Hall–Kier alpha value is -1.36. The van der Waals surface area contributed by atoms with Crippen molar-refractivity contribution in [3.63, 3.8) is 0 Å². The molecular formula is C7H10FN3O. The summed E-state index contributed by atoms with van der Waals surface area (Å²) in [6.07, 6.45) is 1.32. The molecular weight excluding hydrogens is 161 g/mol. The first-order chi connectivity index (χ1) is 5.70. The van der Waals surface area contributed by atoms with E-state index in [2.05, 4.69) is 4.98 Å². The SMILES string of the molecule is COc1c(N)cnc(CN)c1F. The first kappa shape index (κ1) is 8.73. The lowest BCUT2D eigenvalue weighted by molar-refractivity contribution is 0.384. The third kappa shape index (κ3) is 1.31. The van der Waals surface area contributed by atoms with Crippen LogP contribution in [0.3, 0.4) is 0 Å². The van der Waals surface area contributed by atoms with Gasteiger partial charge in [-0.15, -0.1) is 0 Å². The van der Waals surface area contributed by atoms with E-state index in [1.807, 2.05) is 0 Å². The molecule has 0 aliphatic rings. The molecule has 1 aromatic rings. The molecule has 1 heterocycles. The van der Waals surface area contributed by atoms with E-state index in [-0.39, 0.29) is 23.7 Å². The van der Waals surface area contributed by atoms with Crippen molar-refractivity contribution in [3.05, 3.63) is 17.7 Å². The fourth-order valence-electron chi connectivity index (χ4n) is 0.870. The lowest BCUT2D eigenvalue weighted by atomic mass is 10.3. The molecule has 0 bridgehead atoms. The minimum atomic E-state index is -0.583. The molecule has 0 saturated heterocycles. The molecule has 0 aliphatic carbocycles. The molecule has 1 rings (SSSR count). The first-order valence-corrected chi connectivity index (χ1v) is 3.37. The van der Waals surface area contributed by atoms with Crippen LogP contribution in [0, 0.1) is 5.82 Å². The summed E-state index contributed by atoms with van der Waals surface area (Å²) in [6.45, 7) is 0.0302. The third-order valence-electron chi connectivity index (χ3n) is 1.47. The van der Waals surface area contributed by atoms with Crippen LogP contribution in [0.15, 0.2) is 6.20 Å². The predicted molar refractivity (Wildman–Crippen MR) is 43.1 cm³/mol. The van der Waals surface area contributed by atoms with Gasteiger partial charge < -0.3 is 16.2 Å². The molecule has 0 aromatic carbocycles. The van der Waals surface area contributed by atoms with E-state index in [4.69, 9.17) is 16.2 Å². The molecule has 5 heteroatoms. The van der Waals surface area contributed by atoms with Crippen LogP contribution in [0.4, 0.5) is 10.1 Å². The Balaban J connectivity index is 3.24. The molecule has 1 aromatic heterocycles. The van der Waals surface area contributed by atoms with Gasteiger partial charge in [0.2, 0.25) is 0 Å². The summed E-state index contributed by atoms with van der Waals surface area (Å²) in [5.41, 5.74) is 10.9. The van der Waals surface area contributed by atoms with E-state index < -0.39 is 5.82 Å². The molecule has 66 valence electrons. The number of aromatic nitrogens is 1. The Morgan fingerprint density at radius 2 is 2.33 bits per heavy atom. The fraction of sp³-hybridized carbons (Fsp3) is 0.286. The van der Waals surface area contributed by atoms with Crippen LogP contribution in [-0.2, 0) is 6.54 Å².